The Kier molecular flexibility index (Phi) is 6.08. The van der Waals surface area contributed by atoms with Gasteiger partial charge in [-0.3, -0.25) is 0 Å². The number of rotatable bonds is 5. The fourth-order valence-electron chi connectivity index (χ4n) is 2.40. The number of nitrogens with zero attached hydrogens (tertiary/aromatic N) is 1. The number of anilines is 1. The summed E-state index contributed by atoms with van der Waals surface area (Å²) in [5.41, 5.74) is 2.91. The van der Waals surface area contributed by atoms with Crippen molar-refractivity contribution in [1.82, 2.24) is 5.32 Å². The first-order chi connectivity index (χ1) is 9.18. The third-order valence-electron chi connectivity index (χ3n) is 4.18. The Morgan fingerprint density at radius 2 is 1.85 bits per heavy atom. The highest BCUT2D eigenvalue weighted by atomic mass is 79.9. The first-order valence-electron chi connectivity index (χ1n) is 7.44. The predicted molar refractivity (Wildman–Crippen MR) is 93.6 cm³/mol. The molecule has 0 aliphatic rings. The van der Waals surface area contributed by atoms with Crippen molar-refractivity contribution in [2.75, 3.05) is 18.5 Å². The first kappa shape index (κ1) is 17.5. The largest absolute Gasteiger partial charge is 0.371 e. The summed E-state index contributed by atoms with van der Waals surface area (Å²) in [6, 6.07) is 7.39. The van der Waals surface area contributed by atoms with E-state index in [1.54, 1.807) is 0 Å². The van der Waals surface area contributed by atoms with Crippen LogP contribution in [0.2, 0.25) is 0 Å². The van der Waals surface area contributed by atoms with Crippen LogP contribution in [0.3, 0.4) is 0 Å². The van der Waals surface area contributed by atoms with E-state index in [1.807, 2.05) is 0 Å². The average Bonchev–Trinajstić information content (AvgIpc) is 2.36. The van der Waals surface area contributed by atoms with Gasteiger partial charge in [0.25, 0.3) is 0 Å². The van der Waals surface area contributed by atoms with E-state index in [0.717, 1.165) is 11.0 Å². The molecule has 0 aliphatic heterocycles. The molecule has 2 atom stereocenters. The second-order valence-corrected chi connectivity index (χ2v) is 7.55. The van der Waals surface area contributed by atoms with Gasteiger partial charge in [0.05, 0.1) is 0 Å². The highest BCUT2D eigenvalue weighted by Crippen LogP contribution is 2.33. The topological polar surface area (TPSA) is 15.3 Å². The van der Waals surface area contributed by atoms with Crippen molar-refractivity contribution >= 4 is 21.6 Å². The summed E-state index contributed by atoms with van der Waals surface area (Å²) in [6.07, 6.45) is 0. The van der Waals surface area contributed by atoms with Gasteiger partial charge < -0.3 is 10.2 Å². The van der Waals surface area contributed by atoms with Crippen LogP contribution in [0.4, 0.5) is 5.69 Å². The van der Waals surface area contributed by atoms with Crippen molar-refractivity contribution in [1.29, 1.82) is 0 Å². The molecule has 0 saturated heterocycles. The summed E-state index contributed by atoms with van der Waals surface area (Å²) in [7, 11) is 2.20. The first-order valence-corrected chi connectivity index (χ1v) is 8.23. The lowest BCUT2D eigenvalue weighted by molar-refractivity contribution is 0.329. The van der Waals surface area contributed by atoms with Crippen molar-refractivity contribution in [3.63, 3.8) is 0 Å². The smallest absolute Gasteiger partial charge is 0.0415 e. The van der Waals surface area contributed by atoms with E-state index in [-0.39, 0.29) is 5.41 Å². The lowest BCUT2D eigenvalue weighted by Gasteiger charge is -2.38. The normalized spacial score (nSPS) is 15.0. The molecule has 3 heteroatoms. The number of halogens is 1. The fraction of sp³-hybridized carbons (Fsp3) is 0.647. The highest BCUT2D eigenvalue weighted by molar-refractivity contribution is 9.10. The van der Waals surface area contributed by atoms with Gasteiger partial charge >= 0.3 is 0 Å². The summed E-state index contributed by atoms with van der Waals surface area (Å²) in [6.45, 7) is 14.5. The standard InChI is InChI=1S/C17H29BrN2/c1-8-19-12(2)15-11-14(18)9-10-16(15)20(7)13(3)17(4,5)6/h9-13,19H,8H2,1-7H3. The van der Waals surface area contributed by atoms with E-state index >= 15 is 0 Å². The number of hydrogen-bond donors (Lipinski definition) is 1. The van der Waals surface area contributed by atoms with Crippen LogP contribution >= 0.6 is 15.9 Å². The van der Waals surface area contributed by atoms with E-state index in [9.17, 15) is 0 Å². The predicted octanol–water partition coefficient (Wildman–Crippen LogP) is 4.99. The second kappa shape index (κ2) is 6.95. The minimum absolute atomic E-state index is 0.251. The van der Waals surface area contributed by atoms with Crippen molar-refractivity contribution in [2.45, 2.75) is 53.6 Å². The van der Waals surface area contributed by atoms with Crippen LogP contribution in [-0.4, -0.2) is 19.6 Å². The van der Waals surface area contributed by atoms with Gasteiger partial charge in [0.1, 0.15) is 0 Å². The van der Waals surface area contributed by atoms with Gasteiger partial charge in [-0.05, 0) is 49.6 Å². The monoisotopic (exact) mass is 340 g/mol. The zero-order valence-corrected chi connectivity index (χ0v) is 15.5. The van der Waals surface area contributed by atoms with Gasteiger partial charge in [-0.2, -0.15) is 0 Å². The zero-order valence-electron chi connectivity index (χ0n) is 13.9. The van der Waals surface area contributed by atoms with E-state index in [1.165, 1.54) is 11.3 Å². The fourth-order valence-corrected chi connectivity index (χ4v) is 2.78. The maximum absolute atomic E-state index is 3.60. The Balaban J connectivity index is 3.17. The molecule has 0 aliphatic carbocycles. The molecule has 0 saturated carbocycles. The summed E-state index contributed by atoms with van der Waals surface area (Å²) in [4.78, 5) is 2.40. The number of benzene rings is 1. The van der Waals surface area contributed by atoms with Crippen LogP contribution < -0.4 is 10.2 Å². The van der Waals surface area contributed by atoms with Gasteiger partial charge in [0.15, 0.2) is 0 Å². The highest BCUT2D eigenvalue weighted by Gasteiger charge is 2.26. The van der Waals surface area contributed by atoms with Gasteiger partial charge in [-0.1, -0.05) is 43.6 Å². The third-order valence-corrected chi connectivity index (χ3v) is 4.67. The number of hydrogen-bond acceptors (Lipinski definition) is 2. The lowest BCUT2D eigenvalue weighted by atomic mass is 9.86. The van der Waals surface area contributed by atoms with Crippen LogP contribution in [0.25, 0.3) is 0 Å². The van der Waals surface area contributed by atoms with Crippen LogP contribution in [0.15, 0.2) is 22.7 Å². The minimum atomic E-state index is 0.251. The minimum Gasteiger partial charge on any atom is -0.371 e. The molecule has 20 heavy (non-hydrogen) atoms. The Morgan fingerprint density at radius 1 is 1.25 bits per heavy atom. The number of nitrogens with one attached hydrogen (secondary N) is 1. The van der Waals surface area contributed by atoms with Gasteiger partial charge in [0, 0.05) is 29.3 Å². The Bertz CT molecular complexity index is 437. The Hall–Kier alpha value is -0.540. The van der Waals surface area contributed by atoms with E-state index in [4.69, 9.17) is 0 Å². The molecule has 2 nitrogen and oxygen atoms in total. The molecule has 0 spiro atoms. The summed E-state index contributed by atoms with van der Waals surface area (Å²) >= 11 is 3.60. The molecule has 0 aromatic heterocycles. The maximum Gasteiger partial charge on any atom is 0.0415 e. The van der Waals surface area contributed by atoms with Gasteiger partial charge in [0.2, 0.25) is 0 Å². The van der Waals surface area contributed by atoms with Crippen molar-refractivity contribution in [3.05, 3.63) is 28.2 Å². The van der Waals surface area contributed by atoms with Crippen molar-refractivity contribution in [3.8, 4) is 0 Å². The molecule has 1 aromatic rings. The molecule has 0 bridgehead atoms. The maximum atomic E-state index is 3.60. The molecular weight excluding hydrogens is 312 g/mol. The average molecular weight is 341 g/mol. The lowest BCUT2D eigenvalue weighted by Crippen LogP contribution is -2.40. The van der Waals surface area contributed by atoms with Crippen LogP contribution in [0.5, 0.6) is 0 Å². The van der Waals surface area contributed by atoms with Gasteiger partial charge in [-0.25, -0.2) is 0 Å². The Labute approximate surface area is 133 Å². The van der Waals surface area contributed by atoms with Gasteiger partial charge in [-0.15, -0.1) is 0 Å². The molecule has 0 amide bonds. The molecule has 114 valence electrons. The molecule has 0 fully saturated rings. The van der Waals surface area contributed by atoms with E-state index in [0.29, 0.717) is 12.1 Å². The molecule has 1 aromatic carbocycles. The zero-order chi connectivity index (χ0) is 15.5. The molecule has 0 radical (unpaired) electrons. The van der Waals surface area contributed by atoms with Crippen LogP contribution in [0.1, 0.15) is 53.1 Å². The summed E-state index contributed by atoms with van der Waals surface area (Å²) < 4.78 is 1.14. The molecular formula is C17H29BrN2. The molecule has 1 N–H and O–H groups in total. The summed E-state index contributed by atoms with van der Waals surface area (Å²) in [5, 5.41) is 3.51. The van der Waals surface area contributed by atoms with Crippen molar-refractivity contribution < 1.29 is 0 Å². The second-order valence-electron chi connectivity index (χ2n) is 6.64. The molecule has 1 rings (SSSR count). The SMILES string of the molecule is CCNC(C)c1cc(Br)ccc1N(C)C(C)C(C)(C)C. The molecule has 0 heterocycles. The quantitative estimate of drug-likeness (QED) is 0.812. The van der Waals surface area contributed by atoms with Crippen LogP contribution in [-0.2, 0) is 0 Å². The van der Waals surface area contributed by atoms with E-state index in [2.05, 4.69) is 92.9 Å². The molecule has 2 unspecified atom stereocenters. The summed E-state index contributed by atoms with van der Waals surface area (Å²) in [5.74, 6) is 0. The Morgan fingerprint density at radius 3 is 2.35 bits per heavy atom. The van der Waals surface area contributed by atoms with Crippen molar-refractivity contribution in [2.24, 2.45) is 5.41 Å². The van der Waals surface area contributed by atoms with Crippen LogP contribution in [0, 0.1) is 5.41 Å². The van der Waals surface area contributed by atoms with E-state index < -0.39 is 0 Å². The third kappa shape index (κ3) is 4.23.